The highest BCUT2D eigenvalue weighted by molar-refractivity contribution is 8.02. The Bertz CT molecular complexity index is 586. The molecule has 0 unspecified atom stereocenters. The third-order valence-electron chi connectivity index (χ3n) is 4.64. The van der Waals surface area contributed by atoms with Crippen molar-refractivity contribution in [2.75, 3.05) is 12.5 Å². The molecule has 0 fully saturated rings. The van der Waals surface area contributed by atoms with Gasteiger partial charge < -0.3 is 0 Å². The van der Waals surface area contributed by atoms with Gasteiger partial charge in [-0.2, -0.15) is 0 Å². The second-order valence-corrected chi connectivity index (χ2v) is 17.2. The first-order valence-corrected chi connectivity index (χ1v) is 13.1. The quantitative estimate of drug-likeness (QED) is 0.421. The molecular formula is C19H36O2SSi. The zero-order chi connectivity index (χ0) is 18.8. The maximum Gasteiger partial charge on any atom is 0.184 e. The molecule has 0 aliphatic carbocycles. The number of hydrogen-bond donors (Lipinski definition) is 0. The molecule has 23 heavy (non-hydrogen) atoms. The third-order valence-corrected chi connectivity index (χ3v) is 12.2. The van der Waals surface area contributed by atoms with E-state index in [1.807, 2.05) is 20.8 Å². The van der Waals surface area contributed by atoms with E-state index in [0.717, 1.165) is 0 Å². The summed E-state index contributed by atoms with van der Waals surface area (Å²) in [4.78, 5) is 13.1. The van der Waals surface area contributed by atoms with Crippen LogP contribution in [0.5, 0.6) is 0 Å². The third kappa shape index (κ3) is 5.22. The standard InChI is InChI=1S/C19H36O2SSi/c1-14(2)23(15(3)4,16(5)6)13-12-17(22(10,11)21)18(20)19(7,8)9/h14-16H,1-11H3. The minimum Gasteiger partial charge on any atom is -0.292 e. The van der Waals surface area contributed by atoms with Gasteiger partial charge >= 0.3 is 0 Å². The molecule has 0 aromatic heterocycles. The Morgan fingerprint density at radius 2 is 1.26 bits per heavy atom. The molecule has 0 rings (SSSR count). The molecule has 0 spiro atoms. The minimum atomic E-state index is -2.38. The van der Waals surface area contributed by atoms with Crippen LogP contribution in [0.3, 0.4) is 0 Å². The number of rotatable bonds is 4. The van der Waals surface area contributed by atoms with Crippen LogP contribution < -0.4 is 0 Å². The summed E-state index contributed by atoms with van der Waals surface area (Å²) >= 11 is 0. The molecule has 2 nitrogen and oxygen atoms in total. The fourth-order valence-corrected chi connectivity index (χ4v) is 9.69. The summed E-state index contributed by atoms with van der Waals surface area (Å²) in [7, 11) is -4.31. The Labute approximate surface area is 145 Å². The van der Waals surface area contributed by atoms with Crippen molar-refractivity contribution in [1.29, 1.82) is 0 Å². The van der Waals surface area contributed by atoms with E-state index in [1.165, 1.54) is 0 Å². The van der Waals surface area contributed by atoms with Gasteiger partial charge in [0, 0.05) is 17.9 Å². The van der Waals surface area contributed by atoms with Crippen LogP contribution in [-0.2, 0) is 14.3 Å². The van der Waals surface area contributed by atoms with Crippen LogP contribution in [0.25, 0.3) is 0 Å². The van der Waals surface area contributed by atoms with Crippen molar-refractivity contribution in [3.8, 4) is 11.5 Å². The molecular weight excluding hydrogens is 320 g/mol. The summed E-state index contributed by atoms with van der Waals surface area (Å²) in [5.74, 6) is 3.07. The molecule has 0 atom stereocenters. The van der Waals surface area contributed by atoms with Gasteiger partial charge in [-0.25, -0.2) is 0 Å². The molecule has 0 heterocycles. The van der Waals surface area contributed by atoms with Crippen molar-refractivity contribution >= 4 is 28.2 Å². The lowest BCUT2D eigenvalue weighted by Crippen LogP contribution is -2.44. The van der Waals surface area contributed by atoms with Gasteiger partial charge in [-0.15, -0.1) is 5.54 Å². The summed E-state index contributed by atoms with van der Waals surface area (Å²) < 4.78 is 12.7. The summed E-state index contributed by atoms with van der Waals surface area (Å²) in [6.45, 7) is 19.0. The van der Waals surface area contributed by atoms with Gasteiger partial charge in [-0.3, -0.25) is 9.00 Å². The van der Waals surface area contributed by atoms with Crippen LogP contribution in [0, 0.1) is 16.9 Å². The number of hydrogen-bond acceptors (Lipinski definition) is 2. The second-order valence-electron chi connectivity index (χ2n) is 8.79. The first kappa shape index (κ1) is 22.5. The van der Waals surface area contributed by atoms with E-state index in [4.69, 9.17) is 0 Å². The maximum atomic E-state index is 12.7. The predicted molar refractivity (Wildman–Crippen MR) is 108 cm³/mol. The van der Waals surface area contributed by atoms with E-state index >= 15 is 0 Å². The lowest BCUT2D eigenvalue weighted by atomic mass is 9.89. The lowest BCUT2D eigenvalue weighted by molar-refractivity contribution is -0.119. The van der Waals surface area contributed by atoms with Gasteiger partial charge in [0.2, 0.25) is 0 Å². The van der Waals surface area contributed by atoms with Crippen molar-refractivity contribution in [2.45, 2.75) is 78.9 Å². The summed E-state index contributed by atoms with van der Waals surface area (Å²) in [5, 5.41) is 0. The van der Waals surface area contributed by atoms with Gasteiger partial charge in [0.15, 0.2) is 5.78 Å². The van der Waals surface area contributed by atoms with Gasteiger partial charge in [0.1, 0.15) is 12.9 Å². The van der Waals surface area contributed by atoms with E-state index < -0.39 is 23.0 Å². The molecule has 0 amide bonds. The van der Waals surface area contributed by atoms with E-state index in [9.17, 15) is 9.00 Å². The Morgan fingerprint density at radius 3 is 1.48 bits per heavy atom. The monoisotopic (exact) mass is 356 g/mol. The zero-order valence-electron chi connectivity index (χ0n) is 17.0. The fraction of sp³-hybridized carbons (Fsp3) is 0.789. The van der Waals surface area contributed by atoms with Crippen molar-refractivity contribution in [1.82, 2.24) is 0 Å². The average Bonchev–Trinajstić information content (AvgIpc) is 2.29. The smallest absolute Gasteiger partial charge is 0.184 e. The average molecular weight is 357 g/mol. The highest BCUT2D eigenvalue weighted by atomic mass is 32.2. The van der Waals surface area contributed by atoms with Crippen LogP contribution in [0.2, 0.25) is 16.6 Å². The SMILES string of the molecule is CC(C)[Si](C#CC(C(=O)C(C)(C)C)=S(C)(C)=O)(C(C)C)C(C)C. The Balaban J connectivity index is 6.45. The van der Waals surface area contributed by atoms with E-state index in [1.54, 1.807) is 12.5 Å². The first-order valence-electron chi connectivity index (χ1n) is 8.47. The van der Waals surface area contributed by atoms with Crippen molar-refractivity contribution in [2.24, 2.45) is 5.41 Å². The van der Waals surface area contributed by atoms with E-state index in [2.05, 4.69) is 53.0 Å². The summed E-state index contributed by atoms with van der Waals surface area (Å²) in [6.07, 6.45) is 3.26. The van der Waals surface area contributed by atoms with Crippen molar-refractivity contribution in [3.63, 3.8) is 0 Å². The molecule has 0 radical (unpaired) electrons. The molecule has 0 bridgehead atoms. The Kier molecular flexibility index (Phi) is 7.39. The normalized spacial score (nSPS) is 13.3. The second kappa shape index (κ2) is 7.57. The Morgan fingerprint density at radius 1 is 0.913 bits per heavy atom. The maximum absolute atomic E-state index is 12.7. The van der Waals surface area contributed by atoms with E-state index in [-0.39, 0.29) is 5.78 Å². The van der Waals surface area contributed by atoms with Crippen molar-refractivity contribution in [3.05, 3.63) is 0 Å². The molecule has 0 aliphatic rings. The van der Waals surface area contributed by atoms with Crippen LogP contribution >= 0.6 is 0 Å². The van der Waals surface area contributed by atoms with Crippen molar-refractivity contribution < 1.29 is 9.00 Å². The van der Waals surface area contributed by atoms with Crippen LogP contribution in [0.1, 0.15) is 62.3 Å². The molecule has 4 heteroatoms. The molecule has 0 saturated carbocycles. The van der Waals surface area contributed by atoms with Crippen LogP contribution in [-0.4, -0.2) is 35.4 Å². The molecule has 0 N–H and O–H groups in total. The van der Waals surface area contributed by atoms with Gasteiger partial charge in [0.05, 0.1) is 0 Å². The molecule has 0 aromatic carbocycles. The zero-order valence-corrected chi connectivity index (χ0v) is 18.8. The first-order chi connectivity index (χ1) is 10.1. The highest BCUT2D eigenvalue weighted by Gasteiger charge is 2.42. The van der Waals surface area contributed by atoms with Gasteiger partial charge in [-0.05, 0) is 26.1 Å². The number of ketones is 1. The van der Waals surface area contributed by atoms with Gasteiger partial charge in [-0.1, -0.05) is 68.2 Å². The molecule has 0 aromatic rings. The van der Waals surface area contributed by atoms with Crippen LogP contribution in [0.15, 0.2) is 0 Å². The number of carbonyl (C=O) groups excluding carboxylic acids is 1. The largest absolute Gasteiger partial charge is 0.292 e. The van der Waals surface area contributed by atoms with Gasteiger partial charge in [0.25, 0.3) is 0 Å². The van der Waals surface area contributed by atoms with E-state index in [0.29, 0.717) is 21.5 Å². The number of Topliss-reactive ketones (excluding diaryl/α,β-unsaturated/α-hetero) is 1. The summed E-state index contributed by atoms with van der Waals surface area (Å²) in [5.41, 5.74) is 4.46. The molecule has 0 saturated heterocycles. The molecule has 0 aliphatic heterocycles. The Hall–Kier alpha value is -0.533. The molecule has 134 valence electrons. The number of carbonyl (C=O) groups is 1. The fourth-order valence-electron chi connectivity index (χ4n) is 3.34. The topological polar surface area (TPSA) is 34.1 Å². The lowest BCUT2D eigenvalue weighted by Gasteiger charge is -2.38. The van der Waals surface area contributed by atoms with Crippen LogP contribution in [0.4, 0.5) is 0 Å². The minimum absolute atomic E-state index is 0.0841. The predicted octanol–water partition coefficient (Wildman–Crippen LogP) is 4.54. The summed E-state index contributed by atoms with van der Waals surface area (Å²) in [6, 6.07) is 0. The highest BCUT2D eigenvalue weighted by Crippen LogP contribution is 2.40.